The Kier molecular flexibility index (Phi) is 2.21. The molecule has 1 aliphatic rings. The van der Waals surface area contributed by atoms with Gasteiger partial charge in [-0.15, -0.1) is 0 Å². The number of rotatable bonds is 1. The maximum Gasteiger partial charge on any atom is 0.101 e. The van der Waals surface area contributed by atoms with E-state index in [1.807, 2.05) is 24.3 Å². The summed E-state index contributed by atoms with van der Waals surface area (Å²) in [5, 5.41) is 21.0. The lowest BCUT2D eigenvalue weighted by Crippen LogP contribution is -2.24. The van der Waals surface area contributed by atoms with E-state index in [9.17, 15) is 0 Å². The normalized spacial score (nSPS) is 18.9. The van der Waals surface area contributed by atoms with Crippen LogP contribution in [0.1, 0.15) is 17.2 Å². The Morgan fingerprint density at radius 3 is 2.93 bits per heavy atom. The van der Waals surface area contributed by atoms with Crippen LogP contribution in [0.15, 0.2) is 30.5 Å². The quantitative estimate of drug-likeness (QED) is 0.692. The van der Waals surface area contributed by atoms with Crippen LogP contribution in [0.2, 0.25) is 0 Å². The zero-order valence-corrected chi connectivity index (χ0v) is 7.57. The summed E-state index contributed by atoms with van der Waals surface area (Å²) < 4.78 is 0. The van der Waals surface area contributed by atoms with Gasteiger partial charge in [-0.2, -0.15) is 5.26 Å². The van der Waals surface area contributed by atoms with Crippen molar-refractivity contribution in [3.63, 3.8) is 0 Å². The van der Waals surface area contributed by atoms with Crippen LogP contribution >= 0.6 is 0 Å². The fourth-order valence-electron chi connectivity index (χ4n) is 1.64. The third-order valence-corrected chi connectivity index (χ3v) is 2.36. The highest BCUT2D eigenvalue weighted by molar-refractivity contribution is 5.79. The van der Waals surface area contributed by atoms with Gasteiger partial charge in [0.05, 0.1) is 18.2 Å². The number of nitrogens with one attached hydrogen (secondary N) is 1. The van der Waals surface area contributed by atoms with E-state index in [4.69, 9.17) is 10.4 Å². The largest absolute Gasteiger partial charge is 0.394 e. The van der Waals surface area contributed by atoms with Crippen molar-refractivity contribution in [3.05, 3.63) is 41.6 Å². The molecule has 1 aliphatic heterocycles. The highest BCUT2D eigenvalue weighted by Crippen LogP contribution is 2.27. The van der Waals surface area contributed by atoms with Gasteiger partial charge in [0.2, 0.25) is 0 Å². The first-order valence-electron chi connectivity index (χ1n) is 4.43. The number of nitrogens with zero attached hydrogens (tertiary/aromatic N) is 1. The molecule has 0 aliphatic carbocycles. The Bertz CT molecular complexity index is 418. The van der Waals surface area contributed by atoms with E-state index in [1.54, 1.807) is 6.20 Å². The average Bonchev–Trinajstić information content (AvgIpc) is 2.27. The van der Waals surface area contributed by atoms with Crippen molar-refractivity contribution in [2.75, 3.05) is 6.61 Å². The molecule has 0 amide bonds. The second-order valence-corrected chi connectivity index (χ2v) is 3.16. The Morgan fingerprint density at radius 2 is 2.21 bits per heavy atom. The van der Waals surface area contributed by atoms with Crippen LogP contribution in [-0.2, 0) is 0 Å². The molecule has 3 nitrogen and oxygen atoms in total. The number of aliphatic hydroxyl groups is 1. The minimum absolute atomic E-state index is 0.0340. The fourth-order valence-corrected chi connectivity index (χ4v) is 1.64. The molecule has 2 N–H and O–H groups in total. The lowest BCUT2D eigenvalue weighted by atomic mass is 9.93. The highest BCUT2D eigenvalue weighted by Gasteiger charge is 2.19. The number of allylic oxidation sites excluding steroid dienone is 1. The summed E-state index contributed by atoms with van der Waals surface area (Å²) in [7, 11) is 0. The molecule has 2 rings (SSSR count). The molecule has 3 heteroatoms. The fraction of sp³-hybridized carbons (Fsp3) is 0.182. The van der Waals surface area contributed by atoms with Gasteiger partial charge in [0.15, 0.2) is 0 Å². The molecule has 1 unspecified atom stereocenters. The van der Waals surface area contributed by atoms with Crippen LogP contribution in [0, 0.1) is 11.3 Å². The van der Waals surface area contributed by atoms with E-state index < -0.39 is 0 Å². The topological polar surface area (TPSA) is 56.0 Å². The van der Waals surface area contributed by atoms with Crippen LogP contribution in [0.4, 0.5) is 0 Å². The van der Waals surface area contributed by atoms with Crippen molar-refractivity contribution in [2.45, 2.75) is 6.04 Å². The number of fused-ring (bicyclic) bond motifs is 1. The van der Waals surface area contributed by atoms with Crippen LogP contribution in [0.3, 0.4) is 0 Å². The zero-order chi connectivity index (χ0) is 9.97. The number of nitriles is 1. The van der Waals surface area contributed by atoms with Crippen molar-refractivity contribution in [1.82, 2.24) is 5.32 Å². The van der Waals surface area contributed by atoms with E-state index in [0.29, 0.717) is 5.57 Å². The third kappa shape index (κ3) is 1.26. The molecule has 0 saturated heterocycles. The molecule has 0 saturated carbocycles. The lowest BCUT2D eigenvalue weighted by molar-refractivity contribution is 0.253. The molecule has 1 aromatic carbocycles. The number of aliphatic hydroxyl groups excluding tert-OH is 1. The van der Waals surface area contributed by atoms with Crippen molar-refractivity contribution >= 4 is 5.57 Å². The van der Waals surface area contributed by atoms with E-state index in [0.717, 1.165) is 11.1 Å². The maximum absolute atomic E-state index is 9.12. The molecule has 70 valence electrons. The molecule has 1 aromatic rings. The minimum atomic E-state index is -0.0942. The van der Waals surface area contributed by atoms with Gasteiger partial charge in [-0.05, 0) is 11.1 Å². The SMILES string of the molecule is N#CC1=CNC(CO)c2ccccc21. The molecule has 0 radical (unpaired) electrons. The van der Waals surface area contributed by atoms with Crippen molar-refractivity contribution in [1.29, 1.82) is 5.26 Å². The van der Waals surface area contributed by atoms with E-state index in [1.165, 1.54) is 0 Å². The van der Waals surface area contributed by atoms with Gasteiger partial charge in [-0.1, -0.05) is 24.3 Å². The molecule has 1 heterocycles. The second kappa shape index (κ2) is 3.52. The number of benzene rings is 1. The predicted molar refractivity (Wildman–Crippen MR) is 53.0 cm³/mol. The monoisotopic (exact) mass is 186 g/mol. The van der Waals surface area contributed by atoms with E-state index in [2.05, 4.69) is 11.4 Å². The van der Waals surface area contributed by atoms with Gasteiger partial charge < -0.3 is 10.4 Å². The summed E-state index contributed by atoms with van der Waals surface area (Å²) in [5.74, 6) is 0. The molecule has 0 spiro atoms. The summed E-state index contributed by atoms with van der Waals surface area (Å²) in [6.45, 7) is 0.0340. The standard InChI is InChI=1S/C11H10N2O/c12-5-8-6-13-11(7-14)10-4-2-1-3-9(8)10/h1-4,6,11,13-14H,7H2. The minimum Gasteiger partial charge on any atom is -0.394 e. The average molecular weight is 186 g/mol. The molecule has 1 atom stereocenters. The summed E-state index contributed by atoms with van der Waals surface area (Å²) in [6.07, 6.45) is 1.66. The maximum atomic E-state index is 9.12. The summed E-state index contributed by atoms with van der Waals surface area (Å²) in [5.41, 5.74) is 2.51. The van der Waals surface area contributed by atoms with Crippen LogP contribution in [0.25, 0.3) is 5.57 Å². The van der Waals surface area contributed by atoms with Crippen molar-refractivity contribution < 1.29 is 5.11 Å². The smallest absolute Gasteiger partial charge is 0.101 e. The summed E-state index contributed by atoms with van der Waals surface area (Å²) >= 11 is 0. The molecular weight excluding hydrogens is 176 g/mol. The number of hydrogen-bond donors (Lipinski definition) is 2. The second-order valence-electron chi connectivity index (χ2n) is 3.16. The Balaban J connectivity index is 2.53. The first-order chi connectivity index (χ1) is 6.86. The van der Waals surface area contributed by atoms with Crippen LogP contribution < -0.4 is 5.32 Å². The van der Waals surface area contributed by atoms with Crippen LogP contribution in [-0.4, -0.2) is 11.7 Å². The first kappa shape index (κ1) is 8.79. The van der Waals surface area contributed by atoms with Crippen molar-refractivity contribution in [2.24, 2.45) is 0 Å². The molecular formula is C11H10N2O. The first-order valence-corrected chi connectivity index (χ1v) is 4.43. The Morgan fingerprint density at radius 1 is 1.43 bits per heavy atom. The van der Waals surface area contributed by atoms with Gasteiger partial charge >= 0.3 is 0 Å². The lowest BCUT2D eigenvalue weighted by Gasteiger charge is -2.23. The molecule has 0 fully saturated rings. The summed E-state index contributed by atoms with van der Waals surface area (Å²) in [4.78, 5) is 0. The van der Waals surface area contributed by atoms with Crippen LogP contribution in [0.5, 0.6) is 0 Å². The Labute approximate surface area is 82.3 Å². The van der Waals surface area contributed by atoms with Gasteiger partial charge in [0.1, 0.15) is 6.07 Å². The van der Waals surface area contributed by atoms with Crippen molar-refractivity contribution in [3.8, 4) is 6.07 Å². The van der Waals surface area contributed by atoms with Gasteiger partial charge in [0, 0.05) is 6.20 Å². The third-order valence-electron chi connectivity index (χ3n) is 2.36. The summed E-state index contributed by atoms with van der Waals surface area (Å²) in [6, 6.07) is 9.65. The van der Waals surface area contributed by atoms with Gasteiger partial charge in [0.25, 0.3) is 0 Å². The van der Waals surface area contributed by atoms with Gasteiger partial charge in [-0.25, -0.2) is 0 Å². The molecule has 0 aromatic heterocycles. The van der Waals surface area contributed by atoms with Gasteiger partial charge in [-0.3, -0.25) is 0 Å². The zero-order valence-electron chi connectivity index (χ0n) is 7.57. The number of hydrogen-bond acceptors (Lipinski definition) is 3. The molecule has 0 bridgehead atoms. The van der Waals surface area contributed by atoms with E-state index in [-0.39, 0.29) is 12.6 Å². The molecule has 14 heavy (non-hydrogen) atoms. The highest BCUT2D eigenvalue weighted by atomic mass is 16.3. The predicted octanol–water partition coefficient (Wildman–Crippen LogP) is 1.19. The van der Waals surface area contributed by atoms with E-state index >= 15 is 0 Å². The Hall–Kier alpha value is -1.79.